The Morgan fingerprint density at radius 1 is 1.13 bits per heavy atom. The largest absolute Gasteiger partial charge is 0.869 e. The average molecular weight is 340 g/mol. The Kier molecular flexibility index (Phi) is 4.65. The summed E-state index contributed by atoms with van der Waals surface area (Å²) in [5.74, 6) is -1.13. The monoisotopic (exact) mass is 340 g/mol. The highest BCUT2D eigenvalue weighted by Gasteiger charge is 2.17. The van der Waals surface area contributed by atoms with Crippen molar-refractivity contribution in [3.05, 3.63) is 41.7 Å². The van der Waals surface area contributed by atoms with Gasteiger partial charge in [-0.3, -0.25) is 4.72 Å². The minimum Gasteiger partial charge on any atom is -0.869 e. The van der Waals surface area contributed by atoms with E-state index < -0.39 is 21.6 Å². The molecular weight excluding hydrogens is 325 g/mol. The van der Waals surface area contributed by atoms with Gasteiger partial charge in [-0.2, -0.15) is 0 Å². The second kappa shape index (κ2) is 6.33. The van der Waals surface area contributed by atoms with Gasteiger partial charge in [0.2, 0.25) is 0 Å². The van der Waals surface area contributed by atoms with E-state index in [-0.39, 0.29) is 22.1 Å². The van der Waals surface area contributed by atoms with Gasteiger partial charge >= 0.3 is 0 Å². The summed E-state index contributed by atoms with van der Waals surface area (Å²) in [5, 5.41) is 12.1. The Labute approximate surface area is 133 Å². The molecule has 0 aliphatic heterocycles. The fraction of sp³-hybridized carbons (Fsp3) is 0.200. The van der Waals surface area contributed by atoms with E-state index in [9.17, 15) is 17.9 Å². The number of sulfonamides is 1. The molecule has 23 heavy (non-hydrogen) atoms. The van der Waals surface area contributed by atoms with Gasteiger partial charge in [-0.05, 0) is 30.4 Å². The fourth-order valence-corrected chi connectivity index (χ4v) is 2.93. The summed E-state index contributed by atoms with van der Waals surface area (Å²) in [6, 6.07) is 6.05. The van der Waals surface area contributed by atoms with Gasteiger partial charge in [0.05, 0.1) is 19.1 Å². The van der Waals surface area contributed by atoms with Crippen molar-refractivity contribution in [2.24, 2.45) is 0 Å². The van der Waals surface area contributed by atoms with Crippen molar-refractivity contribution in [2.45, 2.75) is 11.8 Å². The lowest BCUT2D eigenvalue weighted by Crippen LogP contribution is -2.15. The third-order valence-electron chi connectivity index (χ3n) is 3.18. The molecule has 2 aromatic rings. The van der Waals surface area contributed by atoms with Gasteiger partial charge in [0.1, 0.15) is 17.3 Å². The first-order valence-corrected chi connectivity index (χ1v) is 7.99. The van der Waals surface area contributed by atoms with Crippen molar-refractivity contribution < 1.29 is 27.4 Å². The number of methoxy groups -OCH3 is 2. The van der Waals surface area contributed by atoms with Crippen molar-refractivity contribution in [3.63, 3.8) is 0 Å². The third-order valence-corrected chi connectivity index (χ3v) is 4.55. The summed E-state index contributed by atoms with van der Waals surface area (Å²) in [5.41, 5.74) is 0.0682. The predicted octanol–water partition coefficient (Wildman–Crippen LogP) is 2.03. The lowest BCUT2D eigenvalue weighted by molar-refractivity contribution is -0.268. The molecule has 8 heteroatoms. The second-order valence-corrected chi connectivity index (χ2v) is 6.41. The lowest BCUT2D eigenvalue weighted by atomic mass is 10.2. The van der Waals surface area contributed by atoms with Crippen molar-refractivity contribution in [1.82, 2.24) is 0 Å². The van der Waals surface area contributed by atoms with Crippen LogP contribution in [0.4, 0.5) is 10.1 Å². The highest BCUT2D eigenvalue weighted by molar-refractivity contribution is 7.92. The number of aryl methyl sites for hydroxylation is 1. The van der Waals surface area contributed by atoms with Crippen molar-refractivity contribution in [3.8, 4) is 17.2 Å². The van der Waals surface area contributed by atoms with Crippen molar-refractivity contribution in [1.29, 1.82) is 0 Å². The number of nitrogens with one attached hydrogen (secondary N) is 1. The summed E-state index contributed by atoms with van der Waals surface area (Å²) >= 11 is 0. The molecule has 6 nitrogen and oxygen atoms in total. The van der Waals surface area contributed by atoms with Crippen LogP contribution in [0.3, 0.4) is 0 Å². The molecule has 0 aliphatic rings. The molecule has 0 spiro atoms. The number of benzene rings is 2. The van der Waals surface area contributed by atoms with E-state index in [0.717, 1.165) is 6.07 Å². The van der Waals surface area contributed by atoms with E-state index in [1.165, 1.54) is 45.4 Å². The Morgan fingerprint density at radius 3 is 2.39 bits per heavy atom. The Morgan fingerprint density at radius 2 is 1.83 bits per heavy atom. The molecule has 0 saturated carbocycles. The van der Waals surface area contributed by atoms with Crippen LogP contribution in [-0.4, -0.2) is 22.6 Å². The SMILES string of the molecule is COc1cc(NS(=O)(=O)c2ccc(C)c(F)c2)c([O-])c(OC)c1. The maximum Gasteiger partial charge on any atom is 0.261 e. The number of halogens is 1. The van der Waals surface area contributed by atoms with Gasteiger partial charge in [-0.15, -0.1) is 0 Å². The molecule has 2 aromatic carbocycles. The zero-order valence-corrected chi connectivity index (χ0v) is 13.5. The van der Waals surface area contributed by atoms with E-state index in [0.29, 0.717) is 5.56 Å². The molecule has 2 rings (SSSR count). The number of anilines is 1. The van der Waals surface area contributed by atoms with Crippen molar-refractivity contribution >= 4 is 15.7 Å². The molecule has 0 aliphatic carbocycles. The highest BCUT2D eigenvalue weighted by atomic mass is 32.2. The molecule has 124 valence electrons. The molecule has 0 aromatic heterocycles. The molecule has 0 heterocycles. The summed E-state index contributed by atoms with van der Waals surface area (Å²) in [6.45, 7) is 1.52. The van der Waals surface area contributed by atoms with E-state index >= 15 is 0 Å². The molecule has 0 saturated heterocycles. The van der Waals surface area contributed by atoms with Crippen LogP contribution >= 0.6 is 0 Å². The van der Waals surface area contributed by atoms with Gasteiger partial charge in [0.25, 0.3) is 10.0 Å². The van der Waals surface area contributed by atoms with Crippen LogP contribution in [-0.2, 0) is 10.0 Å². The van der Waals surface area contributed by atoms with Gasteiger partial charge in [0, 0.05) is 17.8 Å². The number of hydrogen-bond acceptors (Lipinski definition) is 5. The first kappa shape index (κ1) is 16.9. The summed E-state index contributed by atoms with van der Waals surface area (Å²) in [7, 11) is -1.48. The van der Waals surface area contributed by atoms with Gasteiger partial charge in [0.15, 0.2) is 0 Å². The first-order chi connectivity index (χ1) is 10.8. The second-order valence-electron chi connectivity index (χ2n) is 4.72. The predicted molar refractivity (Wildman–Crippen MR) is 80.9 cm³/mol. The van der Waals surface area contributed by atoms with E-state index in [2.05, 4.69) is 4.72 Å². The van der Waals surface area contributed by atoms with E-state index in [1.54, 1.807) is 0 Å². The quantitative estimate of drug-likeness (QED) is 0.900. The topological polar surface area (TPSA) is 87.7 Å². The van der Waals surface area contributed by atoms with Crippen LogP contribution in [0.5, 0.6) is 17.2 Å². The molecule has 0 bridgehead atoms. The summed E-state index contributed by atoms with van der Waals surface area (Å²) in [4.78, 5) is -0.290. The smallest absolute Gasteiger partial charge is 0.261 e. The van der Waals surface area contributed by atoms with Gasteiger partial charge in [-0.1, -0.05) is 6.07 Å². The maximum atomic E-state index is 13.6. The van der Waals surface area contributed by atoms with Crippen LogP contribution < -0.4 is 19.3 Å². The number of rotatable bonds is 5. The van der Waals surface area contributed by atoms with Crippen LogP contribution in [0, 0.1) is 12.7 Å². The summed E-state index contributed by atoms with van der Waals surface area (Å²) < 4.78 is 50.2. The standard InChI is InChI=1S/C15H16FNO5S/c1-9-4-5-11(8-12(9)16)23(19,20)17-13-6-10(21-2)7-14(22-3)15(13)18/h4-8,17-18H,1-3H3/p-1. The third kappa shape index (κ3) is 3.48. The lowest BCUT2D eigenvalue weighted by Gasteiger charge is -2.20. The Balaban J connectivity index is 2.46. The van der Waals surface area contributed by atoms with Gasteiger partial charge in [-0.25, -0.2) is 12.8 Å². The van der Waals surface area contributed by atoms with Crippen LogP contribution in [0.2, 0.25) is 0 Å². The molecule has 0 amide bonds. The normalized spacial score (nSPS) is 11.1. The molecule has 0 atom stereocenters. The maximum absolute atomic E-state index is 13.6. The molecule has 0 unspecified atom stereocenters. The number of hydrogen-bond donors (Lipinski definition) is 1. The number of ether oxygens (including phenoxy) is 2. The molecule has 1 N–H and O–H groups in total. The minimum absolute atomic E-state index is 0.0721. The van der Waals surface area contributed by atoms with Crippen LogP contribution in [0.25, 0.3) is 0 Å². The Bertz CT molecular complexity index is 836. The molecular formula is C15H15FNO5S-. The Hall–Kier alpha value is -2.48. The average Bonchev–Trinajstić information content (AvgIpc) is 2.51. The fourth-order valence-electron chi connectivity index (χ4n) is 1.87. The van der Waals surface area contributed by atoms with Crippen molar-refractivity contribution in [2.75, 3.05) is 18.9 Å². The van der Waals surface area contributed by atoms with Crippen LogP contribution in [0.1, 0.15) is 5.56 Å². The van der Waals surface area contributed by atoms with Crippen LogP contribution in [0.15, 0.2) is 35.2 Å². The zero-order chi connectivity index (χ0) is 17.2. The zero-order valence-electron chi connectivity index (χ0n) is 12.7. The molecule has 0 fully saturated rings. The van der Waals surface area contributed by atoms with E-state index in [1.807, 2.05) is 0 Å². The van der Waals surface area contributed by atoms with E-state index in [4.69, 9.17) is 9.47 Å². The molecule has 0 radical (unpaired) electrons. The minimum atomic E-state index is -4.13. The summed E-state index contributed by atoms with van der Waals surface area (Å²) in [6.07, 6.45) is 0. The highest BCUT2D eigenvalue weighted by Crippen LogP contribution is 2.37. The first-order valence-electron chi connectivity index (χ1n) is 6.50. The van der Waals surface area contributed by atoms with Gasteiger partial charge < -0.3 is 14.6 Å².